The molecule has 1 aliphatic rings. The first-order valence-corrected chi connectivity index (χ1v) is 7.55. The monoisotopic (exact) mass is 288 g/mol. The van der Waals surface area contributed by atoms with E-state index in [1.54, 1.807) is 13.8 Å². The maximum absolute atomic E-state index is 12.4. The van der Waals surface area contributed by atoms with Gasteiger partial charge in [-0.2, -0.15) is 0 Å². The Hall–Kier alpha value is -1.17. The lowest BCUT2D eigenvalue weighted by molar-refractivity contribution is -0.124. The van der Waals surface area contributed by atoms with E-state index < -0.39 is 42.6 Å². The first-order valence-electron chi connectivity index (χ1n) is 6.07. The van der Waals surface area contributed by atoms with Crippen molar-refractivity contribution in [2.75, 3.05) is 0 Å². The highest BCUT2D eigenvalue weighted by Crippen LogP contribution is 2.42. The average Bonchev–Trinajstić information content (AvgIpc) is 2.26. The number of Topliss-reactive ketones (excluding diaryl/α,β-unsaturated/α-hetero) is 2. The summed E-state index contributed by atoms with van der Waals surface area (Å²) in [6, 6.07) is 0. The van der Waals surface area contributed by atoms with E-state index in [0.29, 0.717) is 0 Å². The molecule has 0 aromatic rings. The van der Waals surface area contributed by atoms with Crippen LogP contribution in [0.3, 0.4) is 0 Å². The Morgan fingerprint density at radius 1 is 1.11 bits per heavy atom. The summed E-state index contributed by atoms with van der Waals surface area (Å²) < 4.78 is 21.4. The van der Waals surface area contributed by atoms with E-state index in [-0.39, 0.29) is 5.57 Å². The molecule has 0 spiro atoms. The van der Waals surface area contributed by atoms with Crippen LogP contribution in [0.25, 0.3) is 0 Å². The molecule has 108 valence electrons. The number of sulfone groups is 1. The second-order valence-electron chi connectivity index (χ2n) is 6.10. The van der Waals surface area contributed by atoms with Crippen LogP contribution in [-0.2, 0) is 19.4 Å². The van der Waals surface area contributed by atoms with Gasteiger partial charge < -0.3 is 5.11 Å². The minimum Gasteiger partial charge on any atom is -0.510 e. The summed E-state index contributed by atoms with van der Waals surface area (Å²) in [5.41, 5.74) is -0.375. The van der Waals surface area contributed by atoms with E-state index in [4.69, 9.17) is 0 Å². The van der Waals surface area contributed by atoms with Crippen molar-refractivity contribution >= 4 is 21.4 Å². The van der Waals surface area contributed by atoms with E-state index in [9.17, 15) is 23.1 Å². The average molecular weight is 288 g/mol. The van der Waals surface area contributed by atoms with E-state index >= 15 is 0 Å². The highest BCUT2D eigenvalue weighted by atomic mass is 32.2. The van der Waals surface area contributed by atoms with Crippen LogP contribution in [0, 0.1) is 5.92 Å². The van der Waals surface area contributed by atoms with Crippen LogP contribution < -0.4 is 0 Å². The lowest BCUT2D eigenvalue weighted by Crippen LogP contribution is -2.57. The Morgan fingerprint density at radius 3 is 1.89 bits per heavy atom. The van der Waals surface area contributed by atoms with E-state index in [1.807, 2.05) is 0 Å². The van der Waals surface area contributed by atoms with Crippen molar-refractivity contribution in [1.82, 2.24) is 0 Å². The van der Waals surface area contributed by atoms with Crippen molar-refractivity contribution < 1.29 is 23.1 Å². The molecule has 1 aliphatic heterocycles. The van der Waals surface area contributed by atoms with Crippen molar-refractivity contribution in [3.8, 4) is 0 Å². The number of carbonyl (C=O) groups is 2. The Morgan fingerprint density at radius 2 is 1.53 bits per heavy atom. The molecule has 5 nitrogen and oxygen atoms in total. The Labute approximate surface area is 113 Å². The molecule has 1 heterocycles. The lowest BCUT2D eigenvalue weighted by Gasteiger charge is -2.39. The summed E-state index contributed by atoms with van der Waals surface area (Å²) in [6.07, 6.45) is 0. The Bertz CT molecular complexity index is 576. The fourth-order valence-corrected chi connectivity index (χ4v) is 4.09. The first-order chi connectivity index (χ1) is 8.30. The zero-order chi connectivity index (χ0) is 15.4. The van der Waals surface area contributed by atoms with Crippen molar-refractivity contribution in [2.45, 2.75) is 51.0 Å². The van der Waals surface area contributed by atoms with Gasteiger partial charge in [0.1, 0.15) is 20.8 Å². The number of allylic oxidation sites excluding steroid dienone is 1. The van der Waals surface area contributed by atoms with Gasteiger partial charge in [0.05, 0.1) is 0 Å². The molecule has 0 unspecified atom stereocenters. The number of aliphatic hydroxyl groups excluding tert-OH is 1. The smallest absolute Gasteiger partial charge is 0.190 e. The maximum atomic E-state index is 12.4. The number of hydrogen-bond donors (Lipinski definition) is 1. The van der Waals surface area contributed by atoms with Crippen molar-refractivity contribution in [1.29, 1.82) is 0 Å². The normalized spacial score (nSPS) is 24.7. The van der Waals surface area contributed by atoms with E-state index in [1.165, 1.54) is 27.7 Å². The number of hydrogen-bond acceptors (Lipinski definition) is 5. The molecule has 0 atom stereocenters. The molecule has 0 aromatic heterocycles. The largest absolute Gasteiger partial charge is 0.510 e. The molecule has 0 radical (unpaired) electrons. The maximum Gasteiger partial charge on any atom is 0.190 e. The van der Waals surface area contributed by atoms with E-state index in [0.717, 1.165) is 0 Å². The fourth-order valence-electron chi connectivity index (χ4n) is 2.11. The minimum atomic E-state index is -3.94. The van der Waals surface area contributed by atoms with Crippen molar-refractivity contribution in [3.05, 3.63) is 11.3 Å². The Balaban J connectivity index is 3.75. The molecule has 1 rings (SSSR count). The molecule has 0 aliphatic carbocycles. The second kappa shape index (κ2) is 4.16. The summed E-state index contributed by atoms with van der Waals surface area (Å²) in [4.78, 5) is 24.4. The van der Waals surface area contributed by atoms with Gasteiger partial charge in [-0.3, -0.25) is 9.59 Å². The summed E-state index contributed by atoms with van der Waals surface area (Å²) in [6.45, 7) is 8.34. The number of carbonyl (C=O) groups excluding carboxylic acids is 2. The molecule has 6 heteroatoms. The fraction of sp³-hybridized carbons (Fsp3) is 0.692. The van der Waals surface area contributed by atoms with Crippen molar-refractivity contribution in [3.63, 3.8) is 0 Å². The van der Waals surface area contributed by atoms with Crippen LogP contribution in [-0.4, -0.2) is 34.6 Å². The molecule has 0 saturated carbocycles. The third-order valence-electron chi connectivity index (χ3n) is 3.70. The molecular formula is C13H20O5S. The van der Waals surface area contributed by atoms with Gasteiger partial charge in [0.15, 0.2) is 21.4 Å². The third kappa shape index (κ3) is 1.84. The standard InChI is InChI=1S/C13H20O5S/c1-7(2)9(14)8-10(15)12(3,4)19(17,18)13(5,6)11(8)16/h7,15H,1-6H3. The topological polar surface area (TPSA) is 88.5 Å². The highest BCUT2D eigenvalue weighted by molar-refractivity contribution is 7.95. The summed E-state index contributed by atoms with van der Waals surface area (Å²) in [5.74, 6) is -2.49. The van der Waals surface area contributed by atoms with Gasteiger partial charge >= 0.3 is 0 Å². The highest BCUT2D eigenvalue weighted by Gasteiger charge is 2.59. The predicted molar refractivity (Wildman–Crippen MR) is 71.6 cm³/mol. The zero-order valence-corrected chi connectivity index (χ0v) is 12.9. The quantitative estimate of drug-likeness (QED) is 0.779. The molecule has 0 aromatic carbocycles. The lowest BCUT2D eigenvalue weighted by atomic mass is 9.87. The molecular weight excluding hydrogens is 268 g/mol. The van der Waals surface area contributed by atoms with Gasteiger partial charge in [-0.15, -0.1) is 0 Å². The van der Waals surface area contributed by atoms with Crippen LogP contribution in [0.2, 0.25) is 0 Å². The van der Waals surface area contributed by atoms with Crippen LogP contribution in [0.5, 0.6) is 0 Å². The van der Waals surface area contributed by atoms with Crippen LogP contribution in [0.15, 0.2) is 11.3 Å². The zero-order valence-electron chi connectivity index (χ0n) is 12.1. The molecule has 0 bridgehead atoms. The summed E-state index contributed by atoms with van der Waals surface area (Å²) in [7, 11) is -3.94. The molecule has 1 N–H and O–H groups in total. The SMILES string of the molecule is CC(C)C(=O)C1=C(O)C(C)(C)S(=O)(=O)C(C)(C)C1=O. The Kier molecular flexibility index (Phi) is 3.48. The predicted octanol–water partition coefficient (Wildman–Crippen LogP) is 1.58. The first kappa shape index (κ1) is 15.9. The van der Waals surface area contributed by atoms with Gasteiger partial charge in [-0.1, -0.05) is 13.8 Å². The van der Waals surface area contributed by atoms with Gasteiger partial charge in [-0.05, 0) is 27.7 Å². The number of aliphatic hydroxyl groups is 1. The van der Waals surface area contributed by atoms with Crippen LogP contribution in [0.4, 0.5) is 0 Å². The van der Waals surface area contributed by atoms with Gasteiger partial charge in [-0.25, -0.2) is 8.42 Å². The molecule has 0 saturated heterocycles. The summed E-state index contributed by atoms with van der Waals surface area (Å²) >= 11 is 0. The molecule has 0 fully saturated rings. The van der Waals surface area contributed by atoms with Crippen LogP contribution in [0.1, 0.15) is 41.5 Å². The third-order valence-corrected chi connectivity index (χ3v) is 6.76. The number of rotatable bonds is 2. The number of ketones is 2. The summed E-state index contributed by atoms with van der Waals surface area (Å²) in [5, 5.41) is 10.1. The van der Waals surface area contributed by atoms with Gasteiger partial charge in [0.25, 0.3) is 0 Å². The van der Waals surface area contributed by atoms with Crippen molar-refractivity contribution in [2.24, 2.45) is 5.92 Å². The second-order valence-corrected chi connectivity index (χ2v) is 9.14. The van der Waals surface area contributed by atoms with E-state index in [2.05, 4.69) is 0 Å². The van der Waals surface area contributed by atoms with Gasteiger partial charge in [0.2, 0.25) is 0 Å². The van der Waals surface area contributed by atoms with Crippen LogP contribution >= 0.6 is 0 Å². The molecule has 19 heavy (non-hydrogen) atoms. The minimum absolute atomic E-state index is 0.375. The van der Waals surface area contributed by atoms with Gasteiger partial charge in [0, 0.05) is 5.92 Å². The molecule has 0 amide bonds.